The van der Waals surface area contributed by atoms with E-state index in [9.17, 15) is 5.11 Å². The highest BCUT2D eigenvalue weighted by Crippen LogP contribution is 2.29. The number of pyridine rings is 1. The maximum atomic E-state index is 9.42. The van der Waals surface area contributed by atoms with Crippen molar-refractivity contribution in [2.75, 3.05) is 0 Å². The predicted molar refractivity (Wildman–Crippen MR) is 73.3 cm³/mol. The Kier molecular flexibility index (Phi) is 2.56. The van der Waals surface area contributed by atoms with Gasteiger partial charge in [-0.25, -0.2) is 4.98 Å². The Morgan fingerprint density at radius 2 is 2.00 bits per heavy atom. The molecule has 1 N–H and O–H groups in total. The Morgan fingerprint density at radius 1 is 1.22 bits per heavy atom. The number of halogens is 1. The minimum Gasteiger partial charge on any atom is -0.492 e. The van der Waals surface area contributed by atoms with Gasteiger partial charge in [-0.15, -0.1) is 0 Å². The third-order valence-electron chi connectivity index (χ3n) is 2.75. The van der Waals surface area contributed by atoms with Gasteiger partial charge in [0.1, 0.15) is 5.69 Å². The number of aryl methyl sites for hydroxylation is 1. The lowest BCUT2D eigenvalue weighted by Gasteiger charge is -2.05. The Morgan fingerprint density at radius 3 is 2.72 bits per heavy atom. The first-order chi connectivity index (χ1) is 8.65. The zero-order valence-corrected chi connectivity index (χ0v) is 11.2. The van der Waals surface area contributed by atoms with Crippen molar-refractivity contribution in [3.8, 4) is 17.4 Å². The van der Waals surface area contributed by atoms with Gasteiger partial charge in [0.2, 0.25) is 5.88 Å². The van der Waals surface area contributed by atoms with Crippen LogP contribution >= 0.6 is 15.9 Å². The van der Waals surface area contributed by atoms with Gasteiger partial charge >= 0.3 is 0 Å². The lowest BCUT2D eigenvalue weighted by Crippen LogP contribution is -1.95. The van der Waals surface area contributed by atoms with Crippen molar-refractivity contribution in [3.63, 3.8) is 0 Å². The molecule has 4 nitrogen and oxygen atoms in total. The van der Waals surface area contributed by atoms with Crippen LogP contribution in [0.2, 0.25) is 0 Å². The van der Waals surface area contributed by atoms with Crippen LogP contribution in [0.1, 0.15) is 0 Å². The Labute approximate surface area is 112 Å². The zero-order valence-electron chi connectivity index (χ0n) is 9.63. The molecule has 2 aromatic heterocycles. The molecule has 5 heteroatoms. The molecule has 0 saturated heterocycles. The van der Waals surface area contributed by atoms with E-state index in [0.717, 1.165) is 21.1 Å². The van der Waals surface area contributed by atoms with E-state index in [-0.39, 0.29) is 5.88 Å². The third kappa shape index (κ3) is 1.76. The lowest BCUT2D eigenvalue weighted by atomic mass is 10.2. The molecule has 18 heavy (non-hydrogen) atoms. The summed E-state index contributed by atoms with van der Waals surface area (Å²) in [6, 6.07) is 9.88. The second kappa shape index (κ2) is 4.10. The van der Waals surface area contributed by atoms with E-state index in [1.807, 2.05) is 37.4 Å². The maximum Gasteiger partial charge on any atom is 0.229 e. The van der Waals surface area contributed by atoms with Crippen LogP contribution in [0, 0.1) is 0 Å². The second-order valence-electron chi connectivity index (χ2n) is 4.05. The quantitative estimate of drug-likeness (QED) is 0.751. The average molecular weight is 304 g/mol. The molecule has 0 aliphatic rings. The fourth-order valence-electron chi connectivity index (χ4n) is 1.92. The number of benzene rings is 1. The molecule has 0 atom stereocenters. The summed E-state index contributed by atoms with van der Waals surface area (Å²) in [6.45, 7) is 0. The van der Waals surface area contributed by atoms with E-state index < -0.39 is 0 Å². The number of rotatable bonds is 1. The van der Waals surface area contributed by atoms with Crippen LogP contribution in [0.15, 0.2) is 41.0 Å². The molecule has 0 amide bonds. The Bertz CT molecular complexity index is 736. The SMILES string of the molecule is Cn1cc(O)nc1-c1nc2ccccc2cc1Br. The molecule has 0 saturated carbocycles. The number of aromatic hydroxyl groups is 1. The monoisotopic (exact) mass is 303 g/mol. The fraction of sp³-hybridized carbons (Fsp3) is 0.0769. The molecular formula is C13H10BrN3O. The fourth-order valence-corrected chi connectivity index (χ4v) is 2.43. The summed E-state index contributed by atoms with van der Waals surface area (Å²) >= 11 is 3.50. The standard InChI is InChI=1S/C13H10BrN3O/c1-17-7-11(18)16-13(17)12-9(14)6-8-4-2-3-5-10(8)15-12/h2-7,18H,1H3. The van der Waals surface area contributed by atoms with Crippen molar-refractivity contribution >= 4 is 26.8 Å². The molecule has 3 rings (SSSR count). The normalized spacial score (nSPS) is 11.0. The molecule has 0 unspecified atom stereocenters. The van der Waals surface area contributed by atoms with Gasteiger partial charge in [0, 0.05) is 16.9 Å². The molecule has 3 aromatic rings. The van der Waals surface area contributed by atoms with Crippen LogP contribution in [-0.2, 0) is 7.05 Å². The van der Waals surface area contributed by atoms with Gasteiger partial charge in [-0.3, -0.25) is 0 Å². The van der Waals surface area contributed by atoms with Crippen molar-refractivity contribution in [2.24, 2.45) is 7.05 Å². The van der Waals surface area contributed by atoms with E-state index >= 15 is 0 Å². The molecule has 0 fully saturated rings. The number of aromatic nitrogens is 3. The average Bonchev–Trinajstić information content (AvgIpc) is 2.67. The summed E-state index contributed by atoms with van der Waals surface area (Å²) in [4.78, 5) is 8.65. The molecule has 90 valence electrons. The van der Waals surface area contributed by atoms with Crippen LogP contribution < -0.4 is 0 Å². The van der Waals surface area contributed by atoms with E-state index in [1.54, 1.807) is 10.8 Å². The van der Waals surface area contributed by atoms with E-state index in [0.29, 0.717) is 5.82 Å². The molecule has 0 radical (unpaired) electrons. The number of imidazole rings is 1. The van der Waals surface area contributed by atoms with Crippen molar-refractivity contribution < 1.29 is 5.11 Å². The van der Waals surface area contributed by atoms with Gasteiger partial charge in [0.25, 0.3) is 0 Å². The van der Waals surface area contributed by atoms with Gasteiger partial charge in [-0.2, -0.15) is 4.98 Å². The van der Waals surface area contributed by atoms with E-state index in [4.69, 9.17) is 0 Å². The number of hydrogen-bond donors (Lipinski definition) is 1. The first kappa shape index (κ1) is 11.2. The van der Waals surface area contributed by atoms with Crippen LogP contribution in [0.5, 0.6) is 5.88 Å². The summed E-state index contributed by atoms with van der Waals surface area (Å²) in [5.74, 6) is 0.625. The number of para-hydroxylation sites is 1. The highest BCUT2D eigenvalue weighted by atomic mass is 79.9. The first-order valence-electron chi connectivity index (χ1n) is 5.43. The topological polar surface area (TPSA) is 50.9 Å². The van der Waals surface area contributed by atoms with Crippen LogP contribution in [0.3, 0.4) is 0 Å². The van der Waals surface area contributed by atoms with Crippen LogP contribution in [0.4, 0.5) is 0 Å². The second-order valence-corrected chi connectivity index (χ2v) is 4.90. The number of hydrogen-bond acceptors (Lipinski definition) is 3. The molecule has 0 spiro atoms. The minimum absolute atomic E-state index is 0.00522. The van der Waals surface area contributed by atoms with Gasteiger partial charge < -0.3 is 9.67 Å². The van der Waals surface area contributed by atoms with Crippen molar-refractivity contribution in [1.82, 2.24) is 14.5 Å². The van der Waals surface area contributed by atoms with Crippen molar-refractivity contribution in [1.29, 1.82) is 0 Å². The van der Waals surface area contributed by atoms with E-state index in [1.165, 1.54) is 0 Å². The third-order valence-corrected chi connectivity index (χ3v) is 3.36. The summed E-state index contributed by atoms with van der Waals surface area (Å²) in [5.41, 5.74) is 1.62. The van der Waals surface area contributed by atoms with Crippen LogP contribution in [0.25, 0.3) is 22.4 Å². The minimum atomic E-state index is -0.00522. The molecule has 0 aliphatic carbocycles. The molecular weight excluding hydrogens is 294 g/mol. The van der Waals surface area contributed by atoms with Crippen molar-refractivity contribution in [3.05, 3.63) is 41.0 Å². The van der Waals surface area contributed by atoms with Crippen LogP contribution in [-0.4, -0.2) is 19.6 Å². The van der Waals surface area contributed by atoms with Gasteiger partial charge in [0.05, 0.1) is 11.7 Å². The lowest BCUT2D eigenvalue weighted by molar-refractivity contribution is 0.456. The number of fused-ring (bicyclic) bond motifs is 1. The summed E-state index contributed by atoms with van der Waals surface area (Å²) in [5, 5.41) is 10.5. The maximum absolute atomic E-state index is 9.42. The largest absolute Gasteiger partial charge is 0.492 e. The summed E-state index contributed by atoms with van der Waals surface area (Å²) in [6.07, 6.45) is 1.55. The smallest absolute Gasteiger partial charge is 0.229 e. The highest BCUT2D eigenvalue weighted by molar-refractivity contribution is 9.10. The van der Waals surface area contributed by atoms with Crippen molar-refractivity contribution in [2.45, 2.75) is 0 Å². The van der Waals surface area contributed by atoms with E-state index in [2.05, 4.69) is 25.9 Å². The summed E-state index contributed by atoms with van der Waals surface area (Å²) < 4.78 is 2.60. The highest BCUT2D eigenvalue weighted by Gasteiger charge is 2.13. The zero-order chi connectivity index (χ0) is 12.7. The molecule has 1 aromatic carbocycles. The van der Waals surface area contributed by atoms with Gasteiger partial charge in [-0.1, -0.05) is 18.2 Å². The summed E-state index contributed by atoms with van der Waals surface area (Å²) in [7, 11) is 1.82. The van der Waals surface area contributed by atoms with Gasteiger partial charge in [-0.05, 0) is 28.1 Å². The first-order valence-corrected chi connectivity index (χ1v) is 6.22. The molecule has 0 aliphatic heterocycles. The number of nitrogens with zero attached hydrogens (tertiary/aromatic N) is 3. The molecule has 2 heterocycles. The molecule has 0 bridgehead atoms. The Hall–Kier alpha value is -1.88. The predicted octanol–water partition coefficient (Wildman–Crippen LogP) is 3.10. The van der Waals surface area contributed by atoms with Gasteiger partial charge in [0.15, 0.2) is 5.82 Å². The Balaban J connectivity index is 2.29.